The maximum Gasteiger partial charge on any atom is 0.122 e. The molecule has 0 radical (unpaired) electrons. The van der Waals surface area contributed by atoms with E-state index in [4.69, 9.17) is 4.74 Å². The van der Waals surface area contributed by atoms with E-state index in [0.29, 0.717) is 0 Å². The van der Waals surface area contributed by atoms with Crippen LogP contribution in [0.15, 0.2) is 18.2 Å². The summed E-state index contributed by atoms with van der Waals surface area (Å²) in [6.45, 7) is 0. The van der Waals surface area contributed by atoms with Crippen LogP contribution in [0, 0.1) is 0 Å². The number of hydrogen-bond donors (Lipinski definition) is 2. The van der Waals surface area contributed by atoms with E-state index in [2.05, 4.69) is 10.6 Å². The smallest absolute Gasteiger partial charge is 0.122 e. The molecule has 1 rings (SSSR count). The van der Waals surface area contributed by atoms with Crippen LogP contribution in [0.2, 0.25) is 0 Å². The van der Waals surface area contributed by atoms with E-state index in [0.717, 1.165) is 17.1 Å². The van der Waals surface area contributed by atoms with Crippen LogP contribution in [0.25, 0.3) is 0 Å². The molecule has 0 aliphatic heterocycles. The molecule has 0 saturated heterocycles. The molecule has 0 atom stereocenters. The lowest BCUT2D eigenvalue weighted by atomic mass is 10.2. The molecule has 1 aromatic carbocycles. The first-order valence-electron chi connectivity index (χ1n) is 3.84. The van der Waals surface area contributed by atoms with Crippen molar-refractivity contribution in [1.29, 1.82) is 0 Å². The summed E-state index contributed by atoms with van der Waals surface area (Å²) in [4.78, 5) is 0. The largest absolute Gasteiger partial charge is 0.497 e. The summed E-state index contributed by atoms with van der Waals surface area (Å²) in [7, 11) is 5.43. The van der Waals surface area contributed by atoms with E-state index in [1.54, 1.807) is 7.11 Å². The van der Waals surface area contributed by atoms with Crippen molar-refractivity contribution in [3.8, 4) is 5.75 Å². The molecular formula is C9H14N2O. The monoisotopic (exact) mass is 166 g/mol. The van der Waals surface area contributed by atoms with Crippen LogP contribution >= 0.6 is 0 Å². The van der Waals surface area contributed by atoms with Crippen molar-refractivity contribution < 1.29 is 4.74 Å². The van der Waals surface area contributed by atoms with Crippen LogP contribution in [0.4, 0.5) is 11.4 Å². The van der Waals surface area contributed by atoms with Gasteiger partial charge in [-0.15, -0.1) is 0 Å². The maximum absolute atomic E-state index is 5.12. The zero-order valence-corrected chi connectivity index (χ0v) is 7.64. The van der Waals surface area contributed by atoms with Gasteiger partial charge in [-0.3, -0.25) is 0 Å². The molecule has 0 amide bonds. The van der Waals surface area contributed by atoms with Crippen LogP contribution in [-0.4, -0.2) is 21.2 Å². The first kappa shape index (κ1) is 8.71. The average molecular weight is 166 g/mol. The highest BCUT2D eigenvalue weighted by Gasteiger charge is 1.97. The first-order valence-corrected chi connectivity index (χ1v) is 3.84. The van der Waals surface area contributed by atoms with Gasteiger partial charge in [0.1, 0.15) is 5.75 Å². The minimum Gasteiger partial charge on any atom is -0.497 e. The normalized spacial score (nSPS) is 9.25. The summed E-state index contributed by atoms with van der Waals surface area (Å²) in [5.41, 5.74) is 2.08. The van der Waals surface area contributed by atoms with Gasteiger partial charge >= 0.3 is 0 Å². The number of rotatable bonds is 3. The third-order valence-corrected chi connectivity index (χ3v) is 1.72. The number of ether oxygens (including phenoxy) is 1. The third-order valence-electron chi connectivity index (χ3n) is 1.72. The van der Waals surface area contributed by atoms with Gasteiger partial charge in [0.25, 0.3) is 0 Å². The standard InChI is InChI=1S/C9H14N2O/c1-10-7-4-8(11-2)6-9(5-7)12-3/h4-6,10-11H,1-3H3. The number of benzene rings is 1. The van der Waals surface area contributed by atoms with Crippen molar-refractivity contribution in [2.45, 2.75) is 0 Å². The Morgan fingerprint density at radius 3 is 1.83 bits per heavy atom. The average Bonchev–Trinajstić information content (AvgIpc) is 2.16. The predicted molar refractivity (Wildman–Crippen MR) is 52.1 cm³/mol. The zero-order chi connectivity index (χ0) is 8.97. The molecule has 1 aromatic rings. The molecule has 0 heterocycles. The Morgan fingerprint density at radius 1 is 1.00 bits per heavy atom. The summed E-state index contributed by atoms with van der Waals surface area (Å²) in [5, 5.41) is 6.11. The van der Waals surface area contributed by atoms with Crippen molar-refractivity contribution in [2.75, 3.05) is 31.8 Å². The lowest BCUT2D eigenvalue weighted by Gasteiger charge is -2.07. The minimum absolute atomic E-state index is 0.853. The van der Waals surface area contributed by atoms with E-state index >= 15 is 0 Å². The molecule has 0 aromatic heterocycles. The van der Waals surface area contributed by atoms with Gasteiger partial charge in [-0.2, -0.15) is 0 Å². The van der Waals surface area contributed by atoms with Crippen molar-refractivity contribution in [3.05, 3.63) is 18.2 Å². The molecule has 2 N–H and O–H groups in total. The topological polar surface area (TPSA) is 33.3 Å². The van der Waals surface area contributed by atoms with E-state index < -0.39 is 0 Å². The molecule has 0 bridgehead atoms. The van der Waals surface area contributed by atoms with Gasteiger partial charge in [0, 0.05) is 37.6 Å². The van der Waals surface area contributed by atoms with E-state index in [9.17, 15) is 0 Å². The summed E-state index contributed by atoms with van der Waals surface area (Å²) in [6.07, 6.45) is 0. The Balaban J connectivity index is 3.01. The van der Waals surface area contributed by atoms with Gasteiger partial charge in [0.2, 0.25) is 0 Å². The van der Waals surface area contributed by atoms with E-state index in [1.165, 1.54) is 0 Å². The highest BCUT2D eigenvalue weighted by molar-refractivity contribution is 5.60. The molecule has 12 heavy (non-hydrogen) atoms. The second-order valence-corrected chi connectivity index (χ2v) is 2.45. The quantitative estimate of drug-likeness (QED) is 0.718. The lowest BCUT2D eigenvalue weighted by Crippen LogP contribution is -1.94. The van der Waals surface area contributed by atoms with E-state index in [1.807, 2.05) is 32.3 Å². The predicted octanol–water partition coefficient (Wildman–Crippen LogP) is 1.78. The molecule has 0 fully saturated rings. The third kappa shape index (κ3) is 1.81. The zero-order valence-electron chi connectivity index (χ0n) is 7.64. The van der Waals surface area contributed by atoms with Gasteiger partial charge in [0.05, 0.1) is 7.11 Å². The second-order valence-electron chi connectivity index (χ2n) is 2.45. The van der Waals surface area contributed by atoms with Gasteiger partial charge in [-0.05, 0) is 6.07 Å². The molecule has 0 unspecified atom stereocenters. The number of nitrogens with one attached hydrogen (secondary N) is 2. The van der Waals surface area contributed by atoms with Gasteiger partial charge in [0.15, 0.2) is 0 Å². The molecule has 66 valence electrons. The summed E-state index contributed by atoms with van der Waals surface area (Å²) < 4.78 is 5.12. The fourth-order valence-electron chi connectivity index (χ4n) is 1.01. The Kier molecular flexibility index (Phi) is 2.80. The Morgan fingerprint density at radius 2 is 1.50 bits per heavy atom. The Hall–Kier alpha value is -1.38. The fraction of sp³-hybridized carbons (Fsp3) is 0.333. The summed E-state index contributed by atoms with van der Waals surface area (Å²) in [6, 6.07) is 5.91. The molecular weight excluding hydrogens is 152 g/mol. The number of methoxy groups -OCH3 is 1. The van der Waals surface area contributed by atoms with E-state index in [-0.39, 0.29) is 0 Å². The molecule has 0 spiro atoms. The summed E-state index contributed by atoms with van der Waals surface area (Å²) in [5.74, 6) is 0.853. The van der Waals surface area contributed by atoms with Crippen LogP contribution in [0.1, 0.15) is 0 Å². The number of anilines is 2. The minimum atomic E-state index is 0.853. The molecule has 3 nitrogen and oxygen atoms in total. The van der Waals surface area contributed by atoms with Crippen molar-refractivity contribution in [1.82, 2.24) is 0 Å². The van der Waals surface area contributed by atoms with Crippen molar-refractivity contribution in [3.63, 3.8) is 0 Å². The van der Waals surface area contributed by atoms with Crippen molar-refractivity contribution >= 4 is 11.4 Å². The molecule has 0 saturated carbocycles. The first-order chi connectivity index (χ1) is 5.80. The van der Waals surface area contributed by atoms with Crippen LogP contribution in [0.3, 0.4) is 0 Å². The second kappa shape index (κ2) is 3.85. The van der Waals surface area contributed by atoms with Crippen molar-refractivity contribution in [2.24, 2.45) is 0 Å². The molecule has 3 heteroatoms. The number of hydrogen-bond acceptors (Lipinski definition) is 3. The Labute approximate surface area is 72.7 Å². The SMILES string of the molecule is CNc1cc(NC)cc(OC)c1. The molecule has 0 aliphatic carbocycles. The molecule has 0 aliphatic rings. The highest BCUT2D eigenvalue weighted by Crippen LogP contribution is 2.23. The van der Waals surface area contributed by atoms with Gasteiger partial charge in [-0.25, -0.2) is 0 Å². The van der Waals surface area contributed by atoms with Crippen LogP contribution in [-0.2, 0) is 0 Å². The highest BCUT2D eigenvalue weighted by atomic mass is 16.5. The van der Waals surface area contributed by atoms with Gasteiger partial charge in [-0.1, -0.05) is 0 Å². The summed E-state index contributed by atoms with van der Waals surface area (Å²) >= 11 is 0. The Bertz CT molecular complexity index is 205. The van der Waals surface area contributed by atoms with Crippen LogP contribution in [0.5, 0.6) is 5.75 Å². The maximum atomic E-state index is 5.12. The fourth-order valence-corrected chi connectivity index (χ4v) is 1.01. The van der Waals surface area contributed by atoms with Gasteiger partial charge < -0.3 is 15.4 Å². The lowest BCUT2D eigenvalue weighted by molar-refractivity contribution is 0.415. The van der Waals surface area contributed by atoms with Crippen LogP contribution < -0.4 is 15.4 Å².